The molecule has 0 aromatic heterocycles. The van der Waals surface area contributed by atoms with Crippen LogP contribution in [0.1, 0.15) is 34.7 Å². The van der Waals surface area contributed by atoms with Crippen molar-refractivity contribution in [3.05, 3.63) is 75.6 Å². The highest BCUT2D eigenvalue weighted by Gasteiger charge is 2.36. The highest BCUT2D eigenvalue weighted by atomic mass is 19.4. The molecule has 0 amide bonds. The Bertz CT molecular complexity index is 1010. The van der Waals surface area contributed by atoms with Gasteiger partial charge in [-0.05, 0) is 37.0 Å². The number of hydrogen-bond donors (Lipinski definition) is 1. The van der Waals surface area contributed by atoms with E-state index in [0.29, 0.717) is 13.1 Å². The third-order valence-electron chi connectivity index (χ3n) is 5.44. The lowest BCUT2D eigenvalue weighted by Gasteiger charge is -2.34. The quantitative estimate of drug-likeness (QED) is 0.731. The minimum atomic E-state index is -4.68. The van der Waals surface area contributed by atoms with E-state index in [1.165, 1.54) is 18.6 Å². The van der Waals surface area contributed by atoms with Crippen LogP contribution < -0.4 is 0 Å². The molecule has 0 radical (unpaired) electrons. The highest BCUT2D eigenvalue weighted by molar-refractivity contribution is 5.89. The standard InChI is InChI=1S/C23H23F3N2O2/c1-15-4-6-17-8-9-28(13-18(17)10-15)14-22(2,30)21(29)12-16-5-7-20(27-3)19(11-16)23(24,25)26/h4-7,10-11,30H,8-9,12-14H2,1-2H3/t22-/m0/s1. The molecule has 2 aromatic carbocycles. The van der Waals surface area contributed by atoms with Gasteiger partial charge in [0, 0.05) is 26.1 Å². The molecule has 4 nitrogen and oxygen atoms in total. The van der Waals surface area contributed by atoms with E-state index in [2.05, 4.69) is 23.0 Å². The molecule has 0 spiro atoms. The van der Waals surface area contributed by atoms with Crippen molar-refractivity contribution in [1.82, 2.24) is 4.90 Å². The number of rotatable bonds is 5. The smallest absolute Gasteiger partial charge is 0.381 e. The summed E-state index contributed by atoms with van der Waals surface area (Å²) < 4.78 is 39.5. The van der Waals surface area contributed by atoms with E-state index in [1.54, 1.807) is 0 Å². The van der Waals surface area contributed by atoms with Crippen LogP contribution in [0.5, 0.6) is 0 Å². The molecule has 1 atom stereocenters. The maximum absolute atomic E-state index is 13.2. The molecule has 0 aliphatic carbocycles. The molecule has 158 valence electrons. The number of ketones is 1. The summed E-state index contributed by atoms with van der Waals surface area (Å²) in [6.07, 6.45) is -4.20. The van der Waals surface area contributed by atoms with Crippen molar-refractivity contribution < 1.29 is 23.1 Å². The zero-order valence-electron chi connectivity index (χ0n) is 16.9. The van der Waals surface area contributed by atoms with Crippen LogP contribution in [0.3, 0.4) is 0 Å². The molecule has 1 heterocycles. The number of halogens is 3. The monoisotopic (exact) mass is 416 g/mol. The van der Waals surface area contributed by atoms with Gasteiger partial charge >= 0.3 is 6.18 Å². The van der Waals surface area contributed by atoms with E-state index in [9.17, 15) is 23.1 Å². The number of aryl methyl sites for hydroxylation is 1. The Morgan fingerprint density at radius 1 is 1.20 bits per heavy atom. The van der Waals surface area contributed by atoms with Crippen LogP contribution in [0, 0.1) is 13.5 Å². The predicted octanol–water partition coefficient (Wildman–Crippen LogP) is 4.49. The van der Waals surface area contributed by atoms with Crippen LogP contribution in [0.2, 0.25) is 0 Å². The molecule has 0 fully saturated rings. The maximum Gasteiger partial charge on any atom is 0.407 e. The maximum atomic E-state index is 13.2. The van der Waals surface area contributed by atoms with Gasteiger partial charge in [0.05, 0.1) is 12.1 Å². The Kier molecular flexibility index (Phi) is 6.02. The Morgan fingerprint density at radius 2 is 1.93 bits per heavy atom. The van der Waals surface area contributed by atoms with Crippen molar-refractivity contribution in [2.24, 2.45) is 0 Å². The fraction of sp³-hybridized carbons (Fsp3) is 0.391. The summed E-state index contributed by atoms with van der Waals surface area (Å²) in [5, 5.41) is 10.8. The Balaban J connectivity index is 1.71. The molecule has 7 heteroatoms. The lowest BCUT2D eigenvalue weighted by atomic mass is 9.91. The topological polar surface area (TPSA) is 44.9 Å². The fourth-order valence-corrected chi connectivity index (χ4v) is 3.80. The summed E-state index contributed by atoms with van der Waals surface area (Å²) in [5.41, 5.74) is 0.411. The average molecular weight is 416 g/mol. The summed E-state index contributed by atoms with van der Waals surface area (Å²) in [4.78, 5) is 17.6. The summed E-state index contributed by atoms with van der Waals surface area (Å²) in [6.45, 7) is 11.7. The fourth-order valence-electron chi connectivity index (χ4n) is 3.80. The molecule has 30 heavy (non-hydrogen) atoms. The van der Waals surface area contributed by atoms with E-state index in [4.69, 9.17) is 6.57 Å². The highest BCUT2D eigenvalue weighted by Crippen LogP contribution is 2.37. The Labute approximate surface area is 173 Å². The largest absolute Gasteiger partial charge is 0.407 e. The zero-order valence-corrected chi connectivity index (χ0v) is 16.9. The number of aliphatic hydroxyl groups is 1. The molecule has 0 saturated carbocycles. The summed E-state index contributed by atoms with van der Waals surface area (Å²) in [6, 6.07) is 9.46. The zero-order chi connectivity index (χ0) is 22.1. The molecule has 0 unspecified atom stereocenters. The van der Waals surface area contributed by atoms with Crippen LogP contribution in [-0.4, -0.2) is 34.5 Å². The van der Waals surface area contributed by atoms with Crippen LogP contribution in [-0.2, 0) is 30.4 Å². The number of hydrogen-bond acceptors (Lipinski definition) is 3. The van der Waals surface area contributed by atoms with Gasteiger partial charge in [0.2, 0.25) is 0 Å². The van der Waals surface area contributed by atoms with Crippen LogP contribution in [0.25, 0.3) is 4.85 Å². The Hall–Kier alpha value is -2.69. The second-order valence-electron chi connectivity index (χ2n) is 8.07. The number of alkyl halides is 3. The van der Waals surface area contributed by atoms with Gasteiger partial charge in [0.1, 0.15) is 5.60 Å². The van der Waals surface area contributed by atoms with Crippen LogP contribution in [0.15, 0.2) is 36.4 Å². The Morgan fingerprint density at radius 3 is 2.60 bits per heavy atom. The number of nitrogens with zero attached hydrogens (tertiary/aromatic N) is 2. The number of carbonyl (C=O) groups excluding carboxylic acids is 1. The first kappa shape index (κ1) is 22.0. The van der Waals surface area contributed by atoms with Gasteiger partial charge in [-0.15, -0.1) is 0 Å². The first-order valence-corrected chi connectivity index (χ1v) is 9.63. The van der Waals surface area contributed by atoms with Gasteiger partial charge in [0.25, 0.3) is 0 Å². The normalized spacial score (nSPS) is 16.4. The summed E-state index contributed by atoms with van der Waals surface area (Å²) in [5.74, 6) is -0.554. The summed E-state index contributed by atoms with van der Waals surface area (Å²) in [7, 11) is 0. The van der Waals surface area contributed by atoms with E-state index in [-0.39, 0.29) is 18.5 Å². The van der Waals surface area contributed by atoms with Crippen molar-refractivity contribution in [3.8, 4) is 0 Å². The molecule has 0 saturated heterocycles. The van der Waals surface area contributed by atoms with E-state index in [1.807, 2.05) is 11.8 Å². The number of fused-ring (bicyclic) bond motifs is 1. The van der Waals surface area contributed by atoms with Crippen molar-refractivity contribution in [2.75, 3.05) is 13.1 Å². The predicted molar refractivity (Wildman–Crippen MR) is 107 cm³/mol. The van der Waals surface area contributed by atoms with E-state index in [0.717, 1.165) is 29.7 Å². The first-order valence-electron chi connectivity index (χ1n) is 9.63. The third kappa shape index (κ3) is 4.89. The molecule has 1 aliphatic rings. The van der Waals surface area contributed by atoms with Gasteiger partial charge in [-0.3, -0.25) is 9.69 Å². The number of β-amino-alcohol motifs (C(OH)–C–C–N with tert-alkyl or cyclic N) is 1. The second-order valence-corrected chi connectivity index (χ2v) is 8.07. The van der Waals surface area contributed by atoms with Crippen molar-refractivity contribution >= 4 is 11.5 Å². The van der Waals surface area contributed by atoms with Crippen molar-refractivity contribution in [1.29, 1.82) is 0 Å². The number of Topliss-reactive ketones (excluding diaryl/α,β-unsaturated/α-hetero) is 1. The average Bonchev–Trinajstić information content (AvgIpc) is 2.66. The molecular weight excluding hydrogens is 393 g/mol. The van der Waals surface area contributed by atoms with Gasteiger partial charge in [-0.25, -0.2) is 4.85 Å². The SMILES string of the molecule is [C-]#[N+]c1ccc(CC(=O)[C@@](C)(O)CN2CCc3ccc(C)cc3C2)cc1C(F)(F)F. The lowest BCUT2D eigenvalue weighted by Crippen LogP contribution is -2.48. The van der Waals surface area contributed by atoms with Crippen molar-refractivity contribution in [3.63, 3.8) is 0 Å². The first-order chi connectivity index (χ1) is 14.0. The van der Waals surface area contributed by atoms with Gasteiger partial charge in [-0.1, -0.05) is 42.0 Å². The molecule has 3 rings (SSSR count). The van der Waals surface area contributed by atoms with Gasteiger partial charge in [0.15, 0.2) is 11.5 Å². The van der Waals surface area contributed by atoms with E-state index < -0.39 is 28.8 Å². The molecule has 0 bridgehead atoms. The second kappa shape index (κ2) is 8.21. The van der Waals surface area contributed by atoms with Gasteiger partial charge < -0.3 is 5.11 Å². The van der Waals surface area contributed by atoms with E-state index >= 15 is 0 Å². The summed E-state index contributed by atoms with van der Waals surface area (Å²) >= 11 is 0. The van der Waals surface area contributed by atoms with Crippen LogP contribution >= 0.6 is 0 Å². The van der Waals surface area contributed by atoms with Crippen LogP contribution in [0.4, 0.5) is 18.9 Å². The molecule has 1 N–H and O–H groups in total. The third-order valence-corrected chi connectivity index (χ3v) is 5.44. The lowest BCUT2D eigenvalue weighted by molar-refractivity contribution is -0.138. The van der Waals surface area contributed by atoms with Gasteiger partial charge in [-0.2, -0.15) is 13.2 Å². The minimum absolute atomic E-state index is 0.103. The number of benzene rings is 2. The molecule has 2 aromatic rings. The van der Waals surface area contributed by atoms with Crippen molar-refractivity contribution in [2.45, 2.75) is 45.0 Å². The minimum Gasteiger partial charge on any atom is -0.381 e. The molecular formula is C23H23F3N2O2. The number of carbonyl (C=O) groups is 1. The molecule has 1 aliphatic heterocycles.